The summed E-state index contributed by atoms with van der Waals surface area (Å²) in [6.45, 7) is 10.6. The van der Waals surface area contributed by atoms with Crippen molar-refractivity contribution >= 4 is 10.0 Å². The highest BCUT2D eigenvalue weighted by atomic mass is 32.2. The van der Waals surface area contributed by atoms with Crippen molar-refractivity contribution in [1.29, 1.82) is 0 Å². The molecule has 114 valence electrons. The summed E-state index contributed by atoms with van der Waals surface area (Å²) in [6.07, 6.45) is 2.52. The van der Waals surface area contributed by atoms with Gasteiger partial charge in [0.05, 0.1) is 5.75 Å². The maximum Gasteiger partial charge on any atom is 0.213 e. The van der Waals surface area contributed by atoms with Crippen LogP contribution in [0.2, 0.25) is 0 Å². The molecule has 0 bridgehead atoms. The van der Waals surface area contributed by atoms with E-state index in [0.717, 1.165) is 45.4 Å². The quantitative estimate of drug-likeness (QED) is 0.694. The van der Waals surface area contributed by atoms with Crippen molar-refractivity contribution < 1.29 is 8.42 Å². The van der Waals surface area contributed by atoms with Crippen molar-refractivity contribution in [2.24, 2.45) is 0 Å². The minimum Gasteiger partial charge on any atom is -0.314 e. The van der Waals surface area contributed by atoms with Crippen LogP contribution < -0.4 is 10.0 Å². The Morgan fingerprint density at radius 2 is 1.63 bits per heavy atom. The third-order valence-electron chi connectivity index (χ3n) is 4.29. The lowest BCUT2D eigenvalue weighted by molar-refractivity contribution is 0.253. The van der Waals surface area contributed by atoms with Crippen molar-refractivity contribution in [2.45, 2.75) is 45.6 Å². The molecule has 0 aliphatic carbocycles. The summed E-state index contributed by atoms with van der Waals surface area (Å²) in [5.74, 6) is 0.203. The summed E-state index contributed by atoms with van der Waals surface area (Å²) in [5.41, 5.74) is -0.262. The Kier molecular flexibility index (Phi) is 6.73. The van der Waals surface area contributed by atoms with Crippen LogP contribution in [0, 0.1) is 0 Å². The molecule has 0 saturated carbocycles. The molecule has 1 saturated heterocycles. The summed E-state index contributed by atoms with van der Waals surface area (Å²) in [5, 5.41) is 3.27. The molecule has 1 aliphatic rings. The topological polar surface area (TPSA) is 61.4 Å². The van der Waals surface area contributed by atoms with Gasteiger partial charge in [0.2, 0.25) is 10.0 Å². The molecule has 0 aromatic heterocycles. The Balaban J connectivity index is 2.50. The monoisotopic (exact) mass is 291 g/mol. The van der Waals surface area contributed by atoms with Gasteiger partial charge in [-0.05, 0) is 19.3 Å². The van der Waals surface area contributed by atoms with Gasteiger partial charge in [-0.3, -0.25) is 4.90 Å². The van der Waals surface area contributed by atoms with Crippen molar-refractivity contribution in [3.8, 4) is 0 Å². The zero-order valence-corrected chi connectivity index (χ0v) is 13.4. The van der Waals surface area contributed by atoms with Gasteiger partial charge in [0.25, 0.3) is 0 Å². The number of nitrogens with zero attached hydrogens (tertiary/aromatic N) is 1. The Labute approximate surface area is 118 Å². The molecule has 1 fully saturated rings. The van der Waals surface area contributed by atoms with Crippen molar-refractivity contribution in [2.75, 3.05) is 38.5 Å². The van der Waals surface area contributed by atoms with Gasteiger partial charge in [-0.1, -0.05) is 20.8 Å². The second-order valence-corrected chi connectivity index (χ2v) is 7.20. The summed E-state index contributed by atoms with van der Waals surface area (Å²) in [7, 11) is -3.19. The van der Waals surface area contributed by atoms with Crippen LogP contribution in [0.25, 0.3) is 0 Å². The van der Waals surface area contributed by atoms with Crippen molar-refractivity contribution in [1.82, 2.24) is 14.9 Å². The van der Waals surface area contributed by atoms with Gasteiger partial charge in [0.15, 0.2) is 0 Å². The number of nitrogens with one attached hydrogen (secondary N) is 2. The van der Waals surface area contributed by atoms with E-state index < -0.39 is 10.0 Å². The second kappa shape index (κ2) is 7.57. The molecule has 0 amide bonds. The molecule has 1 aliphatic heterocycles. The van der Waals surface area contributed by atoms with E-state index >= 15 is 0 Å². The van der Waals surface area contributed by atoms with E-state index in [9.17, 15) is 8.42 Å². The molecule has 1 heterocycles. The lowest BCUT2D eigenvalue weighted by atomic mass is 9.91. The van der Waals surface area contributed by atoms with Crippen LogP contribution in [0.1, 0.15) is 40.0 Å². The lowest BCUT2D eigenvalue weighted by Crippen LogP contribution is -2.50. The third-order valence-corrected chi connectivity index (χ3v) is 5.75. The standard InChI is InChI=1S/C13H29N3O2S/c1-4-13(5-2,6-3)15-19(17,18)12-11-16-9-7-14-8-10-16/h14-15H,4-12H2,1-3H3. The lowest BCUT2D eigenvalue weighted by Gasteiger charge is -2.32. The predicted molar refractivity (Wildman–Crippen MR) is 79.8 cm³/mol. The molecule has 19 heavy (non-hydrogen) atoms. The molecule has 0 aromatic rings. The van der Waals surface area contributed by atoms with E-state index in [4.69, 9.17) is 0 Å². The number of hydrogen-bond acceptors (Lipinski definition) is 4. The molecule has 1 rings (SSSR count). The fraction of sp³-hybridized carbons (Fsp3) is 1.00. The molecular formula is C13H29N3O2S. The van der Waals surface area contributed by atoms with Gasteiger partial charge in [-0.2, -0.15) is 0 Å². The average Bonchev–Trinajstić information content (AvgIpc) is 2.44. The summed E-state index contributed by atoms with van der Waals surface area (Å²) >= 11 is 0. The smallest absolute Gasteiger partial charge is 0.213 e. The molecular weight excluding hydrogens is 262 g/mol. The fourth-order valence-electron chi connectivity index (χ4n) is 2.53. The van der Waals surface area contributed by atoms with Crippen LogP contribution >= 0.6 is 0 Å². The first-order valence-electron chi connectivity index (χ1n) is 7.41. The first-order valence-corrected chi connectivity index (χ1v) is 9.07. The Hall–Kier alpha value is -0.170. The van der Waals surface area contributed by atoms with Crippen LogP contribution in [-0.4, -0.2) is 57.3 Å². The van der Waals surface area contributed by atoms with E-state index in [0.29, 0.717) is 6.54 Å². The molecule has 5 nitrogen and oxygen atoms in total. The Bertz CT molecular complexity index is 339. The van der Waals surface area contributed by atoms with Crippen LogP contribution in [0.4, 0.5) is 0 Å². The van der Waals surface area contributed by atoms with Crippen molar-refractivity contribution in [3.63, 3.8) is 0 Å². The maximum atomic E-state index is 12.2. The van der Waals surface area contributed by atoms with Crippen molar-refractivity contribution in [3.05, 3.63) is 0 Å². The minimum atomic E-state index is -3.19. The van der Waals surface area contributed by atoms with E-state index in [1.807, 2.05) is 20.8 Å². The fourth-order valence-corrected chi connectivity index (χ4v) is 4.22. The van der Waals surface area contributed by atoms with E-state index in [-0.39, 0.29) is 11.3 Å². The number of hydrogen-bond donors (Lipinski definition) is 2. The summed E-state index contributed by atoms with van der Waals surface area (Å²) < 4.78 is 27.3. The first kappa shape index (κ1) is 16.9. The van der Waals surface area contributed by atoms with Crippen LogP contribution in [0.15, 0.2) is 0 Å². The van der Waals surface area contributed by atoms with E-state index in [1.54, 1.807) is 0 Å². The minimum absolute atomic E-state index is 0.203. The number of sulfonamides is 1. The van der Waals surface area contributed by atoms with Gasteiger partial charge in [-0.15, -0.1) is 0 Å². The van der Waals surface area contributed by atoms with Crippen LogP contribution in [-0.2, 0) is 10.0 Å². The average molecular weight is 291 g/mol. The summed E-state index contributed by atoms with van der Waals surface area (Å²) in [4.78, 5) is 2.21. The molecule has 0 spiro atoms. The highest BCUT2D eigenvalue weighted by molar-refractivity contribution is 7.89. The van der Waals surface area contributed by atoms with Crippen LogP contribution in [0.3, 0.4) is 0 Å². The van der Waals surface area contributed by atoms with Gasteiger partial charge in [0.1, 0.15) is 0 Å². The zero-order chi connectivity index (χ0) is 14.4. The largest absolute Gasteiger partial charge is 0.314 e. The van der Waals surface area contributed by atoms with E-state index in [2.05, 4.69) is 14.9 Å². The molecule has 0 unspecified atom stereocenters. The molecule has 2 N–H and O–H groups in total. The van der Waals surface area contributed by atoms with Gasteiger partial charge in [-0.25, -0.2) is 13.1 Å². The normalized spacial score (nSPS) is 18.7. The van der Waals surface area contributed by atoms with E-state index in [1.165, 1.54) is 0 Å². The zero-order valence-electron chi connectivity index (χ0n) is 12.5. The predicted octanol–water partition coefficient (Wildman–Crippen LogP) is 0.780. The van der Waals surface area contributed by atoms with Gasteiger partial charge in [0, 0.05) is 38.3 Å². The number of rotatable bonds is 8. The number of piperazine rings is 1. The Morgan fingerprint density at radius 1 is 1.11 bits per heavy atom. The Morgan fingerprint density at radius 3 is 2.11 bits per heavy atom. The third kappa shape index (κ3) is 5.38. The first-order chi connectivity index (χ1) is 8.97. The SMILES string of the molecule is CCC(CC)(CC)NS(=O)(=O)CCN1CCNCC1. The van der Waals surface area contributed by atoms with Gasteiger partial charge < -0.3 is 5.32 Å². The second-order valence-electron chi connectivity index (χ2n) is 5.35. The molecule has 6 heteroatoms. The highest BCUT2D eigenvalue weighted by Gasteiger charge is 2.29. The highest BCUT2D eigenvalue weighted by Crippen LogP contribution is 2.20. The van der Waals surface area contributed by atoms with Crippen LogP contribution in [0.5, 0.6) is 0 Å². The molecule has 0 atom stereocenters. The molecule has 0 radical (unpaired) electrons. The summed E-state index contributed by atoms with van der Waals surface area (Å²) in [6, 6.07) is 0. The molecule has 0 aromatic carbocycles. The van der Waals surface area contributed by atoms with Gasteiger partial charge >= 0.3 is 0 Å². The maximum absolute atomic E-state index is 12.2.